The van der Waals surface area contributed by atoms with Gasteiger partial charge in [0.15, 0.2) is 6.10 Å². The third-order valence-corrected chi connectivity index (χ3v) is 2.92. The van der Waals surface area contributed by atoms with E-state index in [1.807, 2.05) is 0 Å². The Morgan fingerprint density at radius 3 is 2.55 bits per heavy atom. The van der Waals surface area contributed by atoms with Crippen LogP contribution in [-0.4, -0.2) is 43.2 Å². The number of alkyl halides is 3. The molecular formula is C12H13F3N2O3. The quantitative estimate of drug-likeness (QED) is 0.878. The van der Waals surface area contributed by atoms with E-state index in [-0.39, 0.29) is 13.2 Å². The molecule has 0 aromatic heterocycles. The first-order valence-corrected chi connectivity index (χ1v) is 5.89. The van der Waals surface area contributed by atoms with Crippen molar-refractivity contribution in [3.63, 3.8) is 0 Å². The van der Waals surface area contributed by atoms with Crippen molar-refractivity contribution in [3.05, 3.63) is 24.3 Å². The number of hydrogen-bond acceptors (Lipinski definition) is 3. The van der Waals surface area contributed by atoms with Gasteiger partial charge < -0.3 is 14.7 Å². The highest BCUT2D eigenvalue weighted by atomic mass is 19.4. The highest BCUT2D eigenvalue weighted by molar-refractivity contribution is 5.83. The molecule has 0 bridgehead atoms. The smallest absolute Gasteiger partial charge is 0.416 e. The Morgan fingerprint density at radius 1 is 1.35 bits per heavy atom. The third-order valence-electron chi connectivity index (χ3n) is 2.92. The maximum absolute atomic E-state index is 12.6. The summed E-state index contributed by atoms with van der Waals surface area (Å²) in [7, 11) is 0. The van der Waals surface area contributed by atoms with Gasteiger partial charge in [0.1, 0.15) is 0 Å². The van der Waals surface area contributed by atoms with E-state index in [1.54, 1.807) is 17.0 Å². The SMILES string of the molecule is O=C(O)Nc1ccc(N2CCOC(C(F)(F)F)C2)cc1. The number of benzene rings is 1. The van der Waals surface area contributed by atoms with Gasteiger partial charge in [0.25, 0.3) is 0 Å². The summed E-state index contributed by atoms with van der Waals surface area (Å²) in [5.41, 5.74) is 0.959. The van der Waals surface area contributed by atoms with Gasteiger partial charge in [-0.3, -0.25) is 5.32 Å². The molecule has 1 atom stereocenters. The highest BCUT2D eigenvalue weighted by Gasteiger charge is 2.43. The zero-order valence-electron chi connectivity index (χ0n) is 10.4. The van der Waals surface area contributed by atoms with E-state index < -0.39 is 18.4 Å². The summed E-state index contributed by atoms with van der Waals surface area (Å²) in [6.07, 6.45) is -7.38. The molecule has 0 saturated carbocycles. The van der Waals surface area contributed by atoms with Crippen molar-refractivity contribution in [2.24, 2.45) is 0 Å². The van der Waals surface area contributed by atoms with E-state index in [0.717, 1.165) is 0 Å². The average Bonchev–Trinajstić information content (AvgIpc) is 2.38. The fraction of sp³-hybridized carbons (Fsp3) is 0.417. The number of rotatable bonds is 2. The van der Waals surface area contributed by atoms with Gasteiger partial charge in [-0.15, -0.1) is 0 Å². The van der Waals surface area contributed by atoms with Crippen molar-refractivity contribution in [1.29, 1.82) is 0 Å². The Bertz CT molecular complexity index is 476. The number of carboxylic acid groups (broad SMARTS) is 1. The van der Waals surface area contributed by atoms with Crippen molar-refractivity contribution in [2.75, 3.05) is 29.9 Å². The van der Waals surface area contributed by atoms with Crippen LogP contribution in [0.5, 0.6) is 0 Å². The molecule has 0 aliphatic carbocycles. The summed E-state index contributed by atoms with van der Waals surface area (Å²) in [4.78, 5) is 12.0. The molecule has 1 aliphatic rings. The van der Waals surface area contributed by atoms with Crippen LogP contribution >= 0.6 is 0 Å². The zero-order valence-corrected chi connectivity index (χ0v) is 10.4. The van der Waals surface area contributed by atoms with Crippen molar-refractivity contribution in [2.45, 2.75) is 12.3 Å². The van der Waals surface area contributed by atoms with E-state index in [1.165, 1.54) is 12.1 Å². The van der Waals surface area contributed by atoms with Crippen LogP contribution in [0, 0.1) is 0 Å². The molecule has 0 spiro atoms. The molecule has 8 heteroatoms. The fourth-order valence-electron chi connectivity index (χ4n) is 1.96. The normalized spacial score (nSPS) is 19.8. The Labute approximate surface area is 112 Å². The number of anilines is 2. The molecule has 1 heterocycles. The van der Waals surface area contributed by atoms with E-state index in [9.17, 15) is 18.0 Å². The lowest BCUT2D eigenvalue weighted by Gasteiger charge is -2.35. The lowest BCUT2D eigenvalue weighted by atomic mass is 10.2. The highest BCUT2D eigenvalue weighted by Crippen LogP contribution is 2.28. The van der Waals surface area contributed by atoms with Crippen LogP contribution < -0.4 is 10.2 Å². The van der Waals surface area contributed by atoms with Crippen LogP contribution in [0.25, 0.3) is 0 Å². The van der Waals surface area contributed by atoms with Crippen LogP contribution in [0.3, 0.4) is 0 Å². The zero-order chi connectivity index (χ0) is 14.8. The Kier molecular flexibility index (Phi) is 4.03. The molecule has 110 valence electrons. The number of amides is 1. The minimum atomic E-state index is -4.39. The molecule has 2 rings (SSSR count). The van der Waals surface area contributed by atoms with Gasteiger partial charge in [-0.2, -0.15) is 13.2 Å². The molecule has 1 aromatic carbocycles. The van der Waals surface area contributed by atoms with Crippen molar-refractivity contribution in [1.82, 2.24) is 0 Å². The number of nitrogens with zero attached hydrogens (tertiary/aromatic N) is 1. The van der Waals surface area contributed by atoms with Gasteiger partial charge in [-0.25, -0.2) is 4.79 Å². The van der Waals surface area contributed by atoms with E-state index in [0.29, 0.717) is 17.9 Å². The predicted molar refractivity (Wildman–Crippen MR) is 66.1 cm³/mol. The summed E-state index contributed by atoms with van der Waals surface area (Å²) < 4.78 is 42.5. The van der Waals surface area contributed by atoms with E-state index in [4.69, 9.17) is 9.84 Å². The van der Waals surface area contributed by atoms with Crippen molar-refractivity contribution in [3.8, 4) is 0 Å². The lowest BCUT2D eigenvalue weighted by molar-refractivity contribution is -0.221. The fourth-order valence-corrected chi connectivity index (χ4v) is 1.96. The molecule has 20 heavy (non-hydrogen) atoms. The number of hydrogen-bond donors (Lipinski definition) is 2. The van der Waals surface area contributed by atoms with Gasteiger partial charge in [-0.05, 0) is 24.3 Å². The number of carbonyl (C=O) groups is 1. The predicted octanol–water partition coefficient (Wildman–Crippen LogP) is 2.54. The standard InChI is InChI=1S/C12H13F3N2O3/c13-12(14,15)10-7-17(5-6-20-10)9-3-1-8(2-4-9)16-11(18)19/h1-4,10,16H,5-7H2,(H,18,19). The first kappa shape index (κ1) is 14.4. The average molecular weight is 290 g/mol. The summed E-state index contributed by atoms with van der Waals surface area (Å²) in [5, 5.41) is 10.7. The summed E-state index contributed by atoms with van der Waals surface area (Å²) >= 11 is 0. The summed E-state index contributed by atoms with van der Waals surface area (Å²) in [6, 6.07) is 6.15. The molecule has 2 N–H and O–H groups in total. The van der Waals surface area contributed by atoms with Gasteiger partial charge >= 0.3 is 12.3 Å². The van der Waals surface area contributed by atoms with Crippen LogP contribution in [0.4, 0.5) is 29.3 Å². The second-order valence-electron chi connectivity index (χ2n) is 4.32. The molecule has 1 aliphatic heterocycles. The van der Waals surface area contributed by atoms with Crippen LogP contribution in [-0.2, 0) is 4.74 Å². The molecule has 1 unspecified atom stereocenters. The first-order chi connectivity index (χ1) is 9.36. The Balaban J connectivity index is 2.05. The monoisotopic (exact) mass is 290 g/mol. The van der Waals surface area contributed by atoms with Gasteiger partial charge in [0.05, 0.1) is 13.2 Å². The van der Waals surface area contributed by atoms with E-state index in [2.05, 4.69) is 5.32 Å². The largest absolute Gasteiger partial charge is 0.465 e. The van der Waals surface area contributed by atoms with Crippen molar-refractivity contribution >= 4 is 17.5 Å². The molecule has 1 aromatic rings. The first-order valence-electron chi connectivity index (χ1n) is 5.89. The third kappa shape index (κ3) is 3.53. The minimum absolute atomic E-state index is 0.000690. The minimum Gasteiger partial charge on any atom is -0.465 e. The van der Waals surface area contributed by atoms with E-state index >= 15 is 0 Å². The van der Waals surface area contributed by atoms with Crippen molar-refractivity contribution < 1.29 is 27.8 Å². The second kappa shape index (κ2) is 5.58. The molecule has 1 fully saturated rings. The number of nitrogens with one attached hydrogen (secondary N) is 1. The maximum Gasteiger partial charge on any atom is 0.416 e. The van der Waals surface area contributed by atoms with Gasteiger partial charge in [0.2, 0.25) is 0 Å². The topological polar surface area (TPSA) is 61.8 Å². The summed E-state index contributed by atoms with van der Waals surface area (Å²) in [5.74, 6) is 0. The van der Waals surface area contributed by atoms with Gasteiger partial charge in [0, 0.05) is 17.9 Å². The molecule has 0 radical (unpaired) electrons. The molecule has 5 nitrogen and oxygen atoms in total. The molecular weight excluding hydrogens is 277 g/mol. The number of ether oxygens (including phenoxy) is 1. The number of morpholine rings is 1. The molecule has 1 saturated heterocycles. The maximum atomic E-state index is 12.6. The van der Waals surface area contributed by atoms with Crippen LogP contribution in [0.1, 0.15) is 0 Å². The van der Waals surface area contributed by atoms with Gasteiger partial charge in [-0.1, -0.05) is 0 Å². The van der Waals surface area contributed by atoms with Crippen LogP contribution in [0.2, 0.25) is 0 Å². The Morgan fingerprint density at radius 2 is 2.00 bits per heavy atom. The Hall–Kier alpha value is -1.96. The summed E-state index contributed by atoms with van der Waals surface area (Å²) in [6.45, 7) is 0.0901. The molecule has 1 amide bonds. The van der Waals surface area contributed by atoms with Crippen LogP contribution in [0.15, 0.2) is 24.3 Å². The second-order valence-corrected chi connectivity index (χ2v) is 4.32. The lowest BCUT2D eigenvalue weighted by Crippen LogP contribution is -2.49. The number of halogens is 3.